The molecule has 0 unspecified atom stereocenters. The van der Waals surface area contributed by atoms with E-state index in [1.807, 2.05) is 0 Å². The fraction of sp³-hybridized carbons (Fsp3) is 1.00. The van der Waals surface area contributed by atoms with Gasteiger partial charge in [-0.15, -0.1) is 0 Å². The zero-order valence-electron chi connectivity index (χ0n) is 11.6. The first-order chi connectivity index (χ1) is 8.28. The third kappa shape index (κ3) is 3.03. The van der Waals surface area contributed by atoms with Crippen LogP contribution < -0.4 is 5.73 Å². The van der Waals surface area contributed by atoms with Gasteiger partial charge in [-0.25, -0.2) is 0 Å². The van der Waals surface area contributed by atoms with E-state index in [4.69, 9.17) is 5.73 Å². The minimum atomic E-state index is 0.329. The van der Waals surface area contributed by atoms with Crippen molar-refractivity contribution in [1.29, 1.82) is 0 Å². The molecule has 2 N–H and O–H groups in total. The van der Waals surface area contributed by atoms with Gasteiger partial charge in [0.15, 0.2) is 0 Å². The number of hydrogen-bond donors (Lipinski definition) is 1. The lowest BCUT2D eigenvalue weighted by Crippen LogP contribution is -2.55. The number of hydrogen-bond acceptors (Lipinski definition) is 2. The summed E-state index contributed by atoms with van der Waals surface area (Å²) in [6, 6.07) is 0.818. The van der Waals surface area contributed by atoms with Gasteiger partial charge < -0.3 is 5.73 Å². The molecule has 17 heavy (non-hydrogen) atoms. The first-order valence-electron chi connectivity index (χ1n) is 7.71. The van der Waals surface area contributed by atoms with E-state index in [1.165, 1.54) is 70.6 Å². The summed E-state index contributed by atoms with van der Waals surface area (Å²) in [6.07, 6.45) is 15.4. The predicted octanol–water partition coefficient (Wildman–Crippen LogP) is 3.30. The minimum Gasteiger partial charge on any atom is -0.329 e. The largest absolute Gasteiger partial charge is 0.329 e. The quantitative estimate of drug-likeness (QED) is 0.817. The smallest absolute Gasteiger partial charge is 0.0331 e. The Hall–Kier alpha value is -0.0800. The average Bonchev–Trinajstić information content (AvgIpc) is 2.82. The lowest BCUT2D eigenvalue weighted by atomic mass is 9.81. The fourth-order valence-corrected chi connectivity index (χ4v) is 3.94. The Bertz CT molecular complexity index is 213. The van der Waals surface area contributed by atoms with Crippen LogP contribution in [-0.2, 0) is 0 Å². The van der Waals surface area contributed by atoms with Crippen LogP contribution in [0.15, 0.2) is 0 Å². The highest BCUT2D eigenvalue weighted by atomic mass is 15.2. The molecule has 0 atom stereocenters. The predicted molar refractivity (Wildman–Crippen MR) is 74.1 cm³/mol. The van der Waals surface area contributed by atoms with Crippen LogP contribution in [0.5, 0.6) is 0 Å². The van der Waals surface area contributed by atoms with Crippen LogP contribution >= 0.6 is 0 Å². The van der Waals surface area contributed by atoms with Crippen LogP contribution in [0.1, 0.15) is 70.6 Å². The van der Waals surface area contributed by atoms with E-state index in [9.17, 15) is 0 Å². The van der Waals surface area contributed by atoms with Crippen molar-refractivity contribution in [2.24, 2.45) is 5.73 Å². The maximum atomic E-state index is 6.19. The zero-order chi connectivity index (χ0) is 12.1. The van der Waals surface area contributed by atoms with Crippen LogP contribution in [0.25, 0.3) is 0 Å². The molecule has 0 amide bonds. The average molecular weight is 238 g/mol. The van der Waals surface area contributed by atoms with Gasteiger partial charge in [0.1, 0.15) is 0 Å². The molecule has 0 heterocycles. The van der Waals surface area contributed by atoms with Gasteiger partial charge in [0.25, 0.3) is 0 Å². The third-order valence-electron chi connectivity index (χ3n) is 5.28. The first-order valence-corrected chi connectivity index (χ1v) is 7.71. The second kappa shape index (κ2) is 6.19. The fourth-order valence-electron chi connectivity index (χ4n) is 3.94. The van der Waals surface area contributed by atoms with E-state index in [0.717, 1.165) is 12.6 Å². The standard InChI is InChI=1S/C15H30N2/c1-17(14-9-5-6-10-14)15(13-16)11-7-3-2-4-8-12-15/h14H,2-13,16H2,1H3. The molecular weight excluding hydrogens is 208 g/mol. The summed E-state index contributed by atoms with van der Waals surface area (Å²) in [5, 5.41) is 0. The molecule has 2 rings (SSSR count). The van der Waals surface area contributed by atoms with E-state index in [-0.39, 0.29) is 0 Å². The van der Waals surface area contributed by atoms with Gasteiger partial charge in [0.05, 0.1) is 0 Å². The maximum absolute atomic E-state index is 6.19. The molecule has 2 fully saturated rings. The van der Waals surface area contributed by atoms with E-state index in [1.54, 1.807) is 0 Å². The summed E-state index contributed by atoms with van der Waals surface area (Å²) in [6.45, 7) is 0.861. The molecule has 0 radical (unpaired) electrons. The van der Waals surface area contributed by atoms with Crippen molar-refractivity contribution in [3.05, 3.63) is 0 Å². The van der Waals surface area contributed by atoms with Crippen LogP contribution in [0, 0.1) is 0 Å². The first kappa shape index (κ1) is 13.4. The van der Waals surface area contributed by atoms with E-state index < -0.39 is 0 Å². The summed E-state index contributed by atoms with van der Waals surface area (Å²) in [5.74, 6) is 0. The van der Waals surface area contributed by atoms with E-state index >= 15 is 0 Å². The highest BCUT2D eigenvalue weighted by Gasteiger charge is 2.37. The molecule has 0 saturated heterocycles. The highest BCUT2D eigenvalue weighted by molar-refractivity contribution is 4.95. The highest BCUT2D eigenvalue weighted by Crippen LogP contribution is 2.35. The Morgan fingerprint density at radius 1 is 0.941 bits per heavy atom. The van der Waals surface area contributed by atoms with Crippen molar-refractivity contribution >= 4 is 0 Å². The molecule has 2 saturated carbocycles. The molecule has 2 aliphatic carbocycles. The second-order valence-corrected chi connectivity index (χ2v) is 6.25. The summed E-state index contributed by atoms with van der Waals surface area (Å²) >= 11 is 0. The number of nitrogens with two attached hydrogens (primary N) is 1. The minimum absolute atomic E-state index is 0.329. The Morgan fingerprint density at radius 3 is 2.00 bits per heavy atom. The van der Waals surface area contributed by atoms with Gasteiger partial charge in [0, 0.05) is 18.1 Å². The van der Waals surface area contributed by atoms with Gasteiger partial charge in [-0.3, -0.25) is 4.90 Å². The number of nitrogens with zero attached hydrogens (tertiary/aromatic N) is 1. The lowest BCUT2D eigenvalue weighted by molar-refractivity contribution is 0.0544. The topological polar surface area (TPSA) is 29.3 Å². The maximum Gasteiger partial charge on any atom is 0.0331 e. The summed E-state index contributed by atoms with van der Waals surface area (Å²) in [7, 11) is 2.35. The van der Waals surface area contributed by atoms with Crippen LogP contribution in [0.2, 0.25) is 0 Å². The molecule has 0 aliphatic heterocycles. The van der Waals surface area contributed by atoms with Gasteiger partial charge in [-0.05, 0) is 32.7 Å². The molecule has 0 aromatic carbocycles. The molecule has 0 aromatic rings. The Balaban J connectivity index is 2.03. The van der Waals surface area contributed by atoms with Gasteiger partial charge in [0.2, 0.25) is 0 Å². The monoisotopic (exact) mass is 238 g/mol. The molecule has 100 valence electrons. The van der Waals surface area contributed by atoms with Crippen molar-refractivity contribution in [2.75, 3.05) is 13.6 Å². The zero-order valence-corrected chi connectivity index (χ0v) is 11.6. The lowest BCUT2D eigenvalue weighted by Gasteiger charge is -2.46. The summed E-state index contributed by atoms with van der Waals surface area (Å²) in [4.78, 5) is 2.69. The number of likely N-dealkylation sites (N-methyl/N-ethyl adjacent to an activating group) is 1. The number of rotatable bonds is 3. The second-order valence-electron chi connectivity index (χ2n) is 6.25. The normalized spacial score (nSPS) is 27.0. The van der Waals surface area contributed by atoms with Gasteiger partial charge in [-0.1, -0.05) is 44.9 Å². The van der Waals surface area contributed by atoms with Crippen molar-refractivity contribution in [1.82, 2.24) is 4.90 Å². The van der Waals surface area contributed by atoms with E-state index in [2.05, 4.69) is 11.9 Å². The molecule has 0 spiro atoms. The van der Waals surface area contributed by atoms with E-state index in [0.29, 0.717) is 5.54 Å². The summed E-state index contributed by atoms with van der Waals surface area (Å²) < 4.78 is 0. The molecule has 2 nitrogen and oxygen atoms in total. The Kier molecular flexibility index (Phi) is 4.87. The van der Waals surface area contributed by atoms with Crippen molar-refractivity contribution in [3.63, 3.8) is 0 Å². The molecule has 2 aliphatic rings. The molecule has 0 aromatic heterocycles. The van der Waals surface area contributed by atoms with Gasteiger partial charge in [-0.2, -0.15) is 0 Å². The molecular formula is C15H30N2. The van der Waals surface area contributed by atoms with Crippen LogP contribution in [0.4, 0.5) is 0 Å². The van der Waals surface area contributed by atoms with Crippen molar-refractivity contribution in [2.45, 2.75) is 82.2 Å². The Labute approximate surface area is 107 Å². The van der Waals surface area contributed by atoms with Crippen molar-refractivity contribution in [3.8, 4) is 0 Å². The van der Waals surface area contributed by atoms with Crippen LogP contribution in [0.3, 0.4) is 0 Å². The van der Waals surface area contributed by atoms with Crippen molar-refractivity contribution < 1.29 is 0 Å². The molecule has 0 bridgehead atoms. The van der Waals surface area contributed by atoms with Crippen LogP contribution in [-0.4, -0.2) is 30.1 Å². The molecule has 2 heteroatoms. The third-order valence-corrected chi connectivity index (χ3v) is 5.28. The summed E-state index contributed by atoms with van der Waals surface area (Å²) in [5.41, 5.74) is 6.51. The Morgan fingerprint density at radius 2 is 1.47 bits per heavy atom. The van der Waals surface area contributed by atoms with Gasteiger partial charge >= 0.3 is 0 Å². The SMILES string of the molecule is CN(C1CCCC1)C1(CN)CCCCCCC1.